The maximum absolute atomic E-state index is 5.87. The molecule has 0 aliphatic carbocycles. The summed E-state index contributed by atoms with van der Waals surface area (Å²) in [4.78, 5) is 0. The highest BCUT2D eigenvalue weighted by Crippen LogP contribution is 2.16. The molecule has 0 aromatic rings. The second-order valence-corrected chi connectivity index (χ2v) is 4.80. The molecule has 0 heterocycles. The zero-order valence-electron chi connectivity index (χ0n) is 10.0. The van der Waals surface area contributed by atoms with Gasteiger partial charge in [-0.3, -0.25) is 0 Å². The van der Waals surface area contributed by atoms with E-state index < -0.39 is 0 Å². The Morgan fingerprint density at radius 3 is 2.29 bits per heavy atom. The molecule has 0 spiro atoms. The minimum Gasteiger partial charge on any atom is -0.374 e. The van der Waals surface area contributed by atoms with Gasteiger partial charge < -0.3 is 16.2 Å². The molecule has 0 radical (unpaired) electrons. The molecule has 0 saturated carbocycles. The Hall–Kier alpha value is -0.120. The number of hydrogen-bond acceptors (Lipinski definition) is 3. The van der Waals surface area contributed by atoms with Crippen molar-refractivity contribution in [3.05, 3.63) is 0 Å². The van der Waals surface area contributed by atoms with E-state index in [1.807, 2.05) is 6.92 Å². The van der Waals surface area contributed by atoms with E-state index in [2.05, 4.69) is 20.8 Å². The van der Waals surface area contributed by atoms with Crippen LogP contribution in [-0.4, -0.2) is 24.3 Å². The second-order valence-electron chi connectivity index (χ2n) is 4.80. The molecule has 4 N–H and O–H groups in total. The molecule has 0 rings (SSSR count). The Morgan fingerprint density at radius 2 is 1.86 bits per heavy atom. The highest BCUT2D eigenvalue weighted by molar-refractivity contribution is 4.74. The molecule has 2 unspecified atom stereocenters. The van der Waals surface area contributed by atoms with Crippen LogP contribution in [0.15, 0.2) is 0 Å². The summed E-state index contributed by atoms with van der Waals surface area (Å²) in [5.74, 6) is 0. The summed E-state index contributed by atoms with van der Waals surface area (Å²) in [7, 11) is 0. The average Bonchev–Trinajstić information content (AvgIpc) is 1.99. The van der Waals surface area contributed by atoms with Crippen LogP contribution in [0.25, 0.3) is 0 Å². The lowest BCUT2D eigenvalue weighted by Gasteiger charge is -2.28. The molecule has 0 fully saturated rings. The van der Waals surface area contributed by atoms with E-state index in [0.717, 1.165) is 19.3 Å². The van der Waals surface area contributed by atoms with Crippen molar-refractivity contribution in [3.8, 4) is 0 Å². The minimum absolute atomic E-state index is 0.153. The fraction of sp³-hybridized carbons (Fsp3) is 1.00. The molecule has 0 aliphatic heterocycles. The third-order valence-electron chi connectivity index (χ3n) is 2.16. The topological polar surface area (TPSA) is 61.3 Å². The third-order valence-corrected chi connectivity index (χ3v) is 2.16. The van der Waals surface area contributed by atoms with Gasteiger partial charge in [0.15, 0.2) is 0 Å². The van der Waals surface area contributed by atoms with Gasteiger partial charge in [0.25, 0.3) is 0 Å². The van der Waals surface area contributed by atoms with Crippen LogP contribution < -0.4 is 11.5 Å². The van der Waals surface area contributed by atoms with Crippen LogP contribution in [-0.2, 0) is 4.74 Å². The number of nitrogens with two attached hydrogens (primary N) is 2. The summed E-state index contributed by atoms with van der Waals surface area (Å²) in [6, 6.07) is 0.333. The summed E-state index contributed by atoms with van der Waals surface area (Å²) < 4.78 is 5.75. The van der Waals surface area contributed by atoms with E-state index in [0.29, 0.717) is 6.61 Å². The molecule has 0 aromatic carbocycles. The molecule has 0 aliphatic rings. The van der Waals surface area contributed by atoms with Crippen molar-refractivity contribution in [2.24, 2.45) is 11.5 Å². The lowest BCUT2D eigenvalue weighted by atomic mass is 10.0. The van der Waals surface area contributed by atoms with Crippen LogP contribution in [0.2, 0.25) is 0 Å². The summed E-state index contributed by atoms with van der Waals surface area (Å²) in [6.45, 7) is 8.89. The molecule has 2 atom stereocenters. The highest BCUT2D eigenvalue weighted by Gasteiger charge is 2.20. The molecule has 0 saturated heterocycles. The summed E-state index contributed by atoms with van der Waals surface area (Å²) in [6.07, 6.45) is 3.00. The molecular weight excluding hydrogens is 176 g/mol. The zero-order chi connectivity index (χ0) is 11.2. The number of rotatable bonds is 7. The Labute approximate surface area is 88.2 Å². The van der Waals surface area contributed by atoms with Gasteiger partial charge in [0.05, 0.1) is 12.2 Å². The molecular formula is C11H26N2O. The summed E-state index contributed by atoms with van der Waals surface area (Å²) >= 11 is 0. The van der Waals surface area contributed by atoms with Gasteiger partial charge in [-0.15, -0.1) is 0 Å². The Balaban J connectivity index is 3.74. The van der Waals surface area contributed by atoms with Crippen LogP contribution in [0.5, 0.6) is 0 Å². The van der Waals surface area contributed by atoms with Gasteiger partial charge in [-0.2, -0.15) is 0 Å². The van der Waals surface area contributed by atoms with Gasteiger partial charge in [0.2, 0.25) is 0 Å². The predicted molar refractivity (Wildman–Crippen MR) is 61.2 cm³/mol. The molecule has 3 nitrogen and oxygen atoms in total. The van der Waals surface area contributed by atoms with Crippen LogP contribution in [0.4, 0.5) is 0 Å². The first-order chi connectivity index (χ1) is 6.37. The smallest absolute Gasteiger partial charge is 0.0641 e. The van der Waals surface area contributed by atoms with Crippen molar-refractivity contribution >= 4 is 0 Å². The van der Waals surface area contributed by atoms with Crippen molar-refractivity contribution < 1.29 is 4.74 Å². The van der Waals surface area contributed by atoms with Gasteiger partial charge in [-0.1, -0.05) is 13.3 Å². The Kier molecular flexibility index (Phi) is 6.33. The van der Waals surface area contributed by atoms with E-state index >= 15 is 0 Å². The first-order valence-electron chi connectivity index (χ1n) is 5.52. The van der Waals surface area contributed by atoms with Crippen molar-refractivity contribution in [2.75, 3.05) is 6.61 Å². The van der Waals surface area contributed by atoms with Gasteiger partial charge >= 0.3 is 0 Å². The summed E-state index contributed by atoms with van der Waals surface area (Å²) in [5, 5.41) is 0. The first kappa shape index (κ1) is 13.9. The fourth-order valence-corrected chi connectivity index (χ4v) is 1.62. The van der Waals surface area contributed by atoms with E-state index in [1.54, 1.807) is 0 Å². The van der Waals surface area contributed by atoms with Crippen molar-refractivity contribution in [2.45, 2.75) is 64.6 Å². The lowest BCUT2D eigenvalue weighted by molar-refractivity contribution is -0.0334. The van der Waals surface area contributed by atoms with Gasteiger partial charge in [-0.05, 0) is 33.6 Å². The van der Waals surface area contributed by atoms with Gasteiger partial charge in [0, 0.05) is 12.1 Å². The molecule has 0 aromatic heterocycles. The quantitative estimate of drug-likeness (QED) is 0.660. The van der Waals surface area contributed by atoms with E-state index in [9.17, 15) is 0 Å². The second kappa shape index (κ2) is 6.38. The largest absolute Gasteiger partial charge is 0.374 e. The third kappa shape index (κ3) is 7.30. The van der Waals surface area contributed by atoms with Gasteiger partial charge in [0.1, 0.15) is 0 Å². The molecule has 14 heavy (non-hydrogen) atoms. The lowest BCUT2D eigenvalue weighted by Crippen LogP contribution is -2.37. The first-order valence-corrected chi connectivity index (χ1v) is 5.52. The van der Waals surface area contributed by atoms with Crippen LogP contribution in [0, 0.1) is 0 Å². The summed E-state index contributed by atoms with van der Waals surface area (Å²) in [5.41, 5.74) is 11.4. The number of ether oxygens (including phenoxy) is 1. The minimum atomic E-state index is -0.153. The van der Waals surface area contributed by atoms with Crippen molar-refractivity contribution in [1.29, 1.82) is 0 Å². The maximum atomic E-state index is 5.87. The molecule has 0 bridgehead atoms. The maximum Gasteiger partial charge on any atom is 0.0641 e. The van der Waals surface area contributed by atoms with Gasteiger partial charge in [-0.25, -0.2) is 0 Å². The molecule has 3 heteroatoms. The Morgan fingerprint density at radius 1 is 1.29 bits per heavy atom. The van der Waals surface area contributed by atoms with E-state index in [4.69, 9.17) is 16.2 Å². The average molecular weight is 202 g/mol. The molecule has 0 amide bonds. The Bertz CT molecular complexity index is 146. The van der Waals surface area contributed by atoms with E-state index in [1.165, 1.54) is 0 Å². The van der Waals surface area contributed by atoms with E-state index in [-0.39, 0.29) is 17.7 Å². The zero-order valence-corrected chi connectivity index (χ0v) is 10.0. The van der Waals surface area contributed by atoms with Crippen LogP contribution in [0.1, 0.15) is 47.0 Å². The van der Waals surface area contributed by atoms with Crippen molar-refractivity contribution in [1.82, 2.24) is 0 Å². The standard InChI is InChI=1S/C11H26N2O/c1-5-6-10(13)8-14-11(3,4)7-9(2)12/h9-10H,5-8,12-13H2,1-4H3. The van der Waals surface area contributed by atoms with Crippen LogP contribution >= 0.6 is 0 Å². The SMILES string of the molecule is CCCC(N)COC(C)(C)CC(C)N. The normalized spacial score (nSPS) is 16.7. The van der Waals surface area contributed by atoms with Crippen molar-refractivity contribution in [3.63, 3.8) is 0 Å². The fourth-order valence-electron chi connectivity index (χ4n) is 1.62. The predicted octanol–water partition coefficient (Wildman–Crippen LogP) is 1.65. The number of hydrogen-bond donors (Lipinski definition) is 2. The van der Waals surface area contributed by atoms with Crippen LogP contribution in [0.3, 0.4) is 0 Å². The highest BCUT2D eigenvalue weighted by atomic mass is 16.5. The molecule has 86 valence electrons. The monoisotopic (exact) mass is 202 g/mol.